The molecule has 8 aromatic heterocycles. The SMILES string of the molecule is CCCCCCc1ccc(-c2ccc(-c3ccc(-c4cc(CCCCCC)c(-c5ccc(-c6ccc(-c7sc(-c8cc(CCCCCC)c(/C=C/c9ccc(C)cc9)s8)cc7CCCCCC)s6)s5)s4)s3)s2)s1. The summed E-state index contributed by atoms with van der Waals surface area (Å²) in [4.78, 5) is 22.7. The largest absolute Gasteiger partial charge is 0.139 e. The van der Waals surface area contributed by atoms with E-state index in [2.05, 4.69) is 150 Å². The van der Waals surface area contributed by atoms with Crippen LogP contribution in [-0.4, -0.2) is 0 Å². The molecule has 1 aromatic carbocycles. The van der Waals surface area contributed by atoms with Crippen molar-refractivity contribution in [2.24, 2.45) is 0 Å². The van der Waals surface area contributed by atoms with Gasteiger partial charge in [0.2, 0.25) is 0 Å². The summed E-state index contributed by atoms with van der Waals surface area (Å²) in [5.41, 5.74) is 7.15. The molecule has 9 aromatic rings. The lowest BCUT2D eigenvalue weighted by atomic mass is 10.0. The number of hydrogen-bond acceptors (Lipinski definition) is 8. The van der Waals surface area contributed by atoms with E-state index >= 15 is 0 Å². The van der Waals surface area contributed by atoms with Crippen LogP contribution in [-0.2, 0) is 25.7 Å². The Balaban J connectivity index is 0.955. The average molecular weight is 1110 g/mol. The molecule has 0 saturated carbocycles. The second-order valence-electron chi connectivity index (χ2n) is 19.8. The maximum Gasteiger partial charge on any atom is 0.0481 e. The molecule has 8 heteroatoms. The van der Waals surface area contributed by atoms with Crippen molar-refractivity contribution in [3.05, 3.63) is 141 Å². The van der Waals surface area contributed by atoms with Gasteiger partial charge in [-0.1, -0.05) is 141 Å². The van der Waals surface area contributed by atoms with Gasteiger partial charge in [-0.25, -0.2) is 0 Å². The molecule has 0 aliphatic carbocycles. The van der Waals surface area contributed by atoms with Crippen molar-refractivity contribution in [2.75, 3.05) is 0 Å². The molecule has 73 heavy (non-hydrogen) atoms. The smallest absolute Gasteiger partial charge is 0.0481 e. The van der Waals surface area contributed by atoms with Crippen LogP contribution in [0.15, 0.2) is 103 Å². The Hall–Kier alpha value is -3.44. The van der Waals surface area contributed by atoms with Crippen LogP contribution in [0.25, 0.3) is 80.4 Å². The standard InChI is InChI=1S/C65H74S8/c1-6-10-14-18-22-47-42-62(67-51(47)32-30-46-28-26-45(5)27-29-46)63-44-49(24-20-16-12-8-3)65(73-63)60-41-39-57(71-60)56-38-40-59(70-56)64-48(23-19-15-11-7-2)43-61(72-64)58-37-36-55(69-58)54-35-34-53(68-54)52-33-31-50(66-52)25-21-17-13-9-4/h26-44H,6-25H2,1-5H3/b32-30+. The first kappa shape index (κ1) is 54.4. The Kier molecular flexibility index (Phi) is 20.5. The third-order valence-corrected chi connectivity index (χ3v) is 24.2. The van der Waals surface area contributed by atoms with Gasteiger partial charge in [0.15, 0.2) is 0 Å². The van der Waals surface area contributed by atoms with Crippen molar-refractivity contribution in [2.45, 2.75) is 163 Å². The fourth-order valence-electron chi connectivity index (χ4n) is 9.63. The zero-order valence-corrected chi connectivity index (χ0v) is 50.4. The van der Waals surface area contributed by atoms with Crippen LogP contribution in [0.5, 0.6) is 0 Å². The monoisotopic (exact) mass is 1110 g/mol. The summed E-state index contributed by atoms with van der Waals surface area (Å²) in [6.07, 6.45) is 30.1. The molecule has 0 N–H and O–H groups in total. The van der Waals surface area contributed by atoms with Crippen molar-refractivity contribution in [1.82, 2.24) is 0 Å². The molecule has 0 aliphatic heterocycles. The third kappa shape index (κ3) is 14.5. The highest BCUT2D eigenvalue weighted by atomic mass is 32.1. The number of benzene rings is 1. The first-order chi connectivity index (χ1) is 35.9. The summed E-state index contributed by atoms with van der Waals surface area (Å²) in [6.45, 7) is 11.4. The molecule has 0 fully saturated rings. The van der Waals surface area contributed by atoms with Crippen LogP contribution in [0.1, 0.15) is 168 Å². The van der Waals surface area contributed by atoms with Crippen LogP contribution in [0.2, 0.25) is 0 Å². The van der Waals surface area contributed by atoms with E-state index in [-0.39, 0.29) is 0 Å². The fourth-order valence-corrected chi connectivity index (χ4v) is 19.0. The van der Waals surface area contributed by atoms with Gasteiger partial charge in [-0.2, -0.15) is 0 Å². The minimum Gasteiger partial charge on any atom is -0.139 e. The molecule has 0 bridgehead atoms. The van der Waals surface area contributed by atoms with E-state index in [0.29, 0.717) is 0 Å². The van der Waals surface area contributed by atoms with Gasteiger partial charge in [-0.05, 0) is 165 Å². The highest BCUT2D eigenvalue weighted by Gasteiger charge is 2.21. The molecule has 0 atom stereocenters. The first-order valence-electron chi connectivity index (χ1n) is 27.5. The second kappa shape index (κ2) is 27.6. The zero-order valence-electron chi connectivity index (χ0n) is 43.9. The van der Waals surface area contributed by atoms with Gasteiger partial charge in [0.1, 0.15) is 0 Å². The van der Waals surface area contributed by atoms with Gasteiger partial charge in [0.05, 0.1) is 0 Å². The quantitative estimate of drug-likeness (QED) is 0.0410. The van der Waals surface area contributed by atoms with Crippen LogP contribution in [0.3, 0.4) is 0 Å². The molecule has 0 nitrogen and oxygen atoms in total. The Morgan fingerprint density at radius 1 is 0.301 bits per heavy atom. The minimum absolute atomic E-state index is 1.15. The lowest BCUT2D eigenvalue weighted by Gasteiger charge is -2.02. The number of aryl methyl sites for hydroxylation is 5. The Labute approximate surface area is 470 Å². The number of thiophene rings is 8. The van der Waals surface area contributed by atoms with Crippen molar-refractivity contribution in [1.29, 1.82) is 0 Å². The average Bonchev–Trinajstić information content (AvgIpc) is 4.25. The maximum atomic E-state index is 2.57. The number of unbranched alkanes of at least 4 members (excludes halogenated alkanes) is 12. The van der Waals surface area contributed by atoms with Crippen LogP contribution in [0.4, 0.5) is 0 Å². The van der Waals surface area contributed by atoms with Gasteiger partial charge in [0.25, 0.3) is 0 Å². The summed E-state index contributed by atoms with van der Waals surface area (Å²) in [5.74, 6) is 0. The fraction of sp³-hybridized carbons (Fsp3) is 0.385. The van der Waals surface area contributed by atoms with E-state index < -0.39 is 0 Å². The van der Waals surface area contributed by atoms with E-state index in [9.17, 15) is 0 Å². The number of hydrogen-bond donors (Lipinski definition) is 0. The molecule has 0 saturated heterocycles. The molecular formula is C65H74S8. The lowest BCUT2D eigenvalue weighted by molar-refractivity contribution is 0.667. The van der Waals surface area contributed by atoms with Crippen LogP contribution < -0.4 is 0 Å². The molecule has 8 heterocycles. The summed E-state index contributed by atoms with van der Waals surface area (Å²) in [5, 5.41) is 0. The van der Waals surface area contributed by atoms with E-state index in [4.69, 9.17) is 0 Å². The second-order valence-corrected chi connectivity index (χ2v) is 28.5. The van der Waals surface area contributed by atoms with E-state index in [1.807, 2.05) is 90.7 Å². The summed E-state index contributed by atoms with van der Waals surface area (Å²) < 4.78 is 0. The maximum absolute atomic E-state index is 2.57. The van der Waals surface area contributed by atoms with E-state index in [0.717, 1.165) is 19.3 Å². The van der Waals surface area contributed by atoms with Gasteiger partial charge >= 0.3 is 0 Å². The van der Waals surface area contributed by atoms with Crippen molar-refractivity contribution < 1.29 is 0 Å². The summed E-state index contributed by atoms with van der Waals surface area (Å²) in [7, 11) is 0. The van der Waals surface area contributed by atoms with Crippen molar-refractivity contribution >= 4 is 103 Å². The molecule has 0 unspecified atom stereocenters. The summed E-state index contributed by atoms with van der Waals surface area (Å²) >= 11 is 15.9. The Morgan fingerprint density at radius 3 is 1.16 bits per heavy atom. The Morgan fingerprint density at radius 2 is 0.671 bits per heavy atom. The molecular weight excluding hydrogens is 1040 g/mol. The lowest BCUT2D eigenvalue weighted by Crippen LogP contribution is -1.85. The van der Waals surface area contributed by atoms with Crippen molar-refractivity contribution in [3.63, 3.8) is 0 Å². The predicted molar refractivity (Wildman–Crippen MR) is 339 cm³/mol. The highest BCUT2D eigenvalue weighted by molar-refractivity contribution is 7.31. The van der Waals surface area contributed by atoms with Gasteiger partial charge in [-0.3, -0.25) is 0 Å². The van der Waals surface area contributed by atoms with Gasteiger partial charge in [-0.15, -0.1) is 90.7 Å². The van der Waals surface area contributed by atoms with Gasteiger partial charge < -0.3 is 0 Å². The topological polar surface area (TPSA) is 0 Å². The number of rotatable bonds is 29. The highest BCUT2D eigenvalue weighted by Crippen LogP contribution is 2.50. The first-order valence-corrected chi connectivity index (χ1v) is 34.1. The van der Waals surface area contributed by atoms with Crippen molar-refractivity contribution in [3.8, 4) is 68.3 Å². The predicted octanol–water partition coefficient (Wildman–Crippen LogP) is 24.8. The molecule has 382 valence electrons. The molecule has 0 aliphatic rings. The van der Waals surface area contributed by atoms with Crippen LogP contribution in [0, 0.1) is 6.92 Å². The Bertz CT molecular complexity index is 3100. The third-order valence-electron chi connectivity index (χ3n) is 13.9. The molecule has 9 rings (SSSR count). The molecule has 0 amide bonds. The van der Waals surface area contributed by atoms with Gasteiger partial charge in [0, 0.05) is 78.0 Å². The van der Waals surface area contributed by atoms with E-state index in [1.54, 1.807) is 0 Å². The molecule has 0 radical (unpaired) electrons. The minimum atomic E-state index is 1.15. The summed E-state index contributed by atoms with van der Waals surface area (Å²) in [6, 6.07) is 40.4. The van der Waals surface area contributed by atoms with Crippen LogP contribution >= 0.6 is 90.7 Å². The van der Waals surface area contributed by atoms with E-state index in [1.165, 1.54) is 215 Å². The normalized spacial score (nSPS) is 11.8. The zero-order chi connectivity index (χ0) is 50.4. The molecule has 0 spiro atoms.